The van der Waals surface area contributed by atoms with Crippen molar-refractivity contribution in [3.63, 3.8) is 0 Å². The summed E-state index contributed by atoms with van der Waals surface area (Å²) in [5.74, 6) is 0.833. The summed E-state index contributed by atoms with van der Waals surface area (Å²) in [7, 11) is 0. The molecule has 3 heterocycles. The van der Waals surface area contributed by atoms with Gasteiger partial charge >= 0.3 is 0 Å². The van der Waals surface area contributed by atoms with Gasteiger partial charge in [0.25, 0.3) is 0 Å². The smallest absolute Gasteiger partial charge is 0.144 e. The third-order valence-corrected chi connectivity index (χ3v) is 3.33. The Labute approximate surface area is 94.6 Å². The lowest BCUT2D eigenvalue weighted by Crippen LogP contribution is -2.31. The molecule has 2 atom stereocenters. The highest BCUT2D eigenvalue weighted by molar-refractivity contribution is 5.32. The molecule has 0 aliphatic carbocycles. The van der Waals surface area contributed by atoms with Crippen molar-refractivity contribution in [1.29, 1.82) is 0 Å². The molecule has 0 bridgehead atoms. The summed E-state index contributed by atoms with van der Waals surface area (Å²) in [5.41, 5.74) is 0.0693. The van der Waals surface area contributed by atoms with E-state index >= 15 is 0 Å². The second-order valence-electron chi connectivity index (χ2n) is 4.56. The molecule has 2 fully saturated rings. The minimum absolute atomic E-state index is 0.0693. The summed E-state index contributed by atoms with van der Waals surface area (Å²) in [4.78, 5) is 8.25. The molecular weight excluding hydrogens is 204 g/mol. The molecule has 0 amide bonds. The second-order valence-corrected chi connectivity index (χ2v) is 4.56. The van der Waals surface area contributed by atoms with E-state index in [1.165, 1.54) is 0 Å². The fourth-order valence-corrected chi connectivity index (χ4v) is 2.54. The molecule has 1 aromatic rings. The van der Waals surface area contributed by atoms with Gasteiger partial charge in [-0.1, -0.05) is 0 Å². The van der Waals surface area contributed by atoms with Gasteiger partial charge in [0, 0.05) is 25.4 Å². The number of rotatable bonds is 2. The zero-order chi connectivity index (χ0) is 10.8. The fourth-order valence-electron chi connectivity index (χ4n) is 2.54. The first-order valence-electron chi connectivity index (χ1n) is 5.74. The topological polar surface area (TPSA) is 59.1 Å². The molecule has 2 N–H and O–H groups in total. The molecule has 5 heteroatoms. The predicted octanol–water partition coefficient (Wildman–Crippen LogP) is 0.409. The van der Waals surface area contributed by atoms with E-state index in [0.29, 0.717) is 6.04 Å². The van der Waals surface area contributed by atoms with Crippen molar-refractivity contribution in [3.05, 3.63) is 18.6 Å². The Balaban J connectivity index is 1.62. The van der Waals surface area contributed by atoms with Crippen molar-refractivity contribution in [2.75, 3.05) is 25.0 Å². The van der Waals surface area contributed by atoms with Crippen molar-refractivity contribution in [2.24, 2.45) is 0 Å². The summed E-state index contributed by atoms with van der Waals surface area (Å²) in [6.45, 7) is 2.81. The maximum atomic E-state index is 5.91. The maximum absolute atomic E-state index is 5.91. The van der Waals surface area contributed by atoms with Crippen LogP contribution in [0.15, 0.2) is 18.6 Å². The van der Waals surface area contributed by atoms with Crippen LogP contribution in [-0.2, 0) is 4.74 Å². The number of nitrogens with one attached hydrogen (secondary N) is 2. The number of nitrogens with zero attached hydrogens (tertiary/aromatic N) is 2. The first-order chi connectivity index (χ1) is 7.86. The molecule has 16 heavy (non-hydrogen) atoms. The molecule has 2 saturated heterocycles. The van der Waals surface area contributed by atoms with Gasteiger partial charge in [-0.2, -0.15) is 0 Å². The molecule has 0 aromatic carbocycles. The number of anilines is 1. The molecule has 86 valence electrons. The number of hydrogen-bond donors (Lipinski definition) is 2. The van der Waals surface area contributed by atoms with E-state index in [4.69, 9.17) is 4.74 Å². The summed E-state index contributed by atoms with van der Waals surface area (Å²) in [5, 5.41) is 6.72. The van der Waals surface area contributed by atoms with Crippen LogP contribution in [0.3, 0.4) is 0 Å². The van der Waals surface area contributed by atoms with Crippen LogP contribution in [0.5, 0.6) is 0 Å². The average Bonchev–Trinajstić information content (AvgIpc) is 2.92. The summed E-state index contributed by atoms with van der Waals surface area (Å²) < 4.78 is 5.91. The number of hydrogen-bond acceptors (Lipinski definition) is 5. The standard InChI is InChI=1S/C11H16N4O/c1-2-13-8-11(1)5-9(7-16-11)15-10-6-12-3-4-14-10/h3-4,6,9,13H,1-2,5,7-8H2,(H,14,15). The van der Waals surface area contributed by atoms with Gasteiger partial charge in [0.2, 0.25) is 0 Å². The quantitative estimate of drug-likeness (QED) is 0.756. The van der Waals surface area contributed by atoms with Crippen LogP contribution in [-0.4, -0.2) is 41.3 Å². The molecule has 2 unspecified atom stereocenters. The zero-order valence-corrected chi connectivity index (χ0v) is 9.15. The predicted molar refractivity (Wildman–Crippen MR) is 60.2 cm³/mol. The largest absolute Gasteiger partial charge is 0.371 e. The molecule has 0 radical (unpaired) electrons. The van der Waals surface area contributed by atoms with E-state index in [1.54, 1.807) is 18.6 Å². The van der Waals surface area contributed by atoms with Gasteiger partial charge in [0.15, 0.2) is 0 Å². The Bertz CT molecular complexity index is 350. The van der Waals surface area contributed by atoms with Crippen LogP contribution >= 0.6 is 0 Å². The number of aromatic nitrogens is 2. The molecule has 1 aromatic heterocycles. The van der Waals surface area contributed by atoms with E-state index in [0.717, 1.165) is 38.4 Å². The summed E-state index contributed by atoms with van der Waals surface area (Å²) >= 11 is 0. The Morgan fingerprint density at radius 3 is 3.25 bits per heavy atom. The number of ether oxygens (including phenoxy) is 1. The van der Waals surface area contributed by atoms with Crippen LogP contribution < -0.4 is 10.6 Å². The van der Waals surface area contributed by atoms with E-state index in [1.807, 2.05) is 0 Å². The molecule has 2 aliphatic rings. The maximum Gasteiger partial charge on any atom is 0.144 e. The van der Waals surface area contributed by atoms with E-state index in [-0.39, 0.29) is 5.60 Å². The normalized spacial score (nSPS) is 33.4. The Morgan fingerprint density at radius 2 is 2.50 bits per heavy atom. The van der Waals surface area contributed by atoms with Crippen LogP contribution in [0.4, 0.5) is 5.82 Å². The van der Waals surface area contributed by atoms with Crippen molar-refractivity contribution in [1.82, 2.24) is 15.3 Å². The molecule has 1 spiro atoms. The van der Waals surface area contributed by atoms with Crippen molar-refractivity contribution in [3.8, 4) is 0 Å². The monoisotopic (exact) mass is 220 g/mol. The third-order valence-electron chi connectivity index (χ3n) is 3.33. The highest BCUT2D eigenvalue weighted by Gasteiger charge is 2.42. The molecule has 5 nitrogen and oxygen atoms in total. The van der Waals surface area contributed by atoms with Crippen LogP contribution in [0.2, 0.25) is 0 Å². The minimum Gasteiger partial charge on any atom is -0.371 e. The van der Waals surface area contributed by atoms with Crippen LogP contribution in [0.25, 0.3) is 0 Å². The van der Waals surface area contributed by atoms with Gasteiger partial charge in [0.05, 0.1) is 24.4 Å². The van der Waals surface area contributed by atoms with E-state index in [2.05, 4.69) is 20.6 Å². The Morgan fingerprint density at radius 1 is 1.50 bits per heavy atom. The van der Waals surface area contributed by atoms with Gasteiger partial charge < -0.3 is 15.4 Å². The Hall–Kier alpha value is -1.20. The SMILES string of the molecule is c1cnc(NC2COC3(CCNC3)C2)cn1. The first kappa shape index (κ1) is 9.99. The summed E-state index contributed by atoms with van der Waals surface area (Å²) in [6, 6.07) is 0.358. The van der Waals surface area contributed by atoms with Gasteiger partial charge in [-0.25, -0.2) is 4.98 Å². The molecular formula is C11H16N4O. The Kier molecular flexibility index (Phi) is 2.49. The lowest BCUT2D eigenvalue weighted by atomic mass is 9.97. The fraction of sp³-hybridized carbons (Fsp3) is 0.636. The highest BCUT2D eigenvalue weighted by atomic mass is 16.5. The molecule has 2 aliphatic heterocycles. The van der Waals surface area contributed by atoms with Crippen molar-refractivity contribution in [2.45, 2.75) is 24.5 Å². The van der Waals surface area contributed by atoms with Gasteiger partial charge in [-0.15, -0.1) is 0 Å². The van der Waals surface area contributed by atoms with Crippen LogP contribution in [0, 0.1) is 0 Å². The van der Waals surface area contributed by atoms with Crippen LogP contribution in [0.1, 0.15) is 12.8 Å². The van der Waals surface area contributed by atoms with Gasteiger partial charge in [0.1, 0.15) is 5.82 Å². The highest BCUT2D eigenvalue weighted by Crippen LogP contribution is 2.32. The molecule has 3 rings (SSSR count). The van der Waals surface area contributed by atoms with Crippen molar-refractivity contribution >= 4 is 5.82 Å². The van der Waals surface area contributed by atoms with Gasteiger partial charge in [-0.3, -0.25) is 4.98 Å². The average molecular weight is 220 g/mol. The molecule has 0 saturated carbocycles. The minimum atomic E-state index is 0.0693. The lowest BCUT2D eigenvalue weighted by molar-refractivity contribution is 0.0214. The lowest BCUT2D eigenvalue weighted by Gasteiger charge is -2.20. The first-order valence-corrected chi connectivity index (χ1v) is 5.74. The van der Waals surface area contributed by atoms with Crippen molar-refractivity contribution < 1.29 is 4.74 Å². The third kappa shape index (κ3) is 1.88. The second kappa shape index (κ2) is 3.99. The van der Waals surface area contributed by atoms with E-state index in [9.17, 15) is 0 Å². The summed E-state index contributed by atoms with van der Waals surface area (Å²) in [6.07, 6.45) is 7.30. The van der Waals surface area contributed by atoms with E-state index < -0.39 is 0 Å². The zero-order valence-electron chi connectivity index (χ0n) is 9.15. The van der Waals surface area contributed by atoms with Gasteiger partial charge in [-0.05, 0) is 13.0 Å².